The van der Waals surface area contributed by atoms with Gasteiger partial charge in [-0.3, -0.25) is 6.08 Å². The van der Waals surface area contributed by atoms with E-state index in [4.69, 9.17) is 5.11 Å². The molecule has 1 aliphatic carbocycles. The van der Waals surface area contributed by atoms with Crippen LogP contribution >= 0.6 is 14.1 Å². The number of hydrogen-bond acceptors (Lipinski definition) is 1. The molecule has 0 atom stereocenters. The van der Waals surface area contributed by atoms with Gasteiger partial charge in [-0.05, 0) is 0 Å². The van der Waals surface area contributed by atoms with Crippen LogP contribution in [0, 0.1) is 6.08 Å². The van der Waals surface area contributed by atoms with Crippen molar-refractivity contribution >= 4 is 20.1 Å². The maximum absolute atomic E-state index is 10.3. The third kappa shape index (κ3) is 4.62. The van der Waals surface area contributed by atoms with E-state index in [1.165, 1.54) is 0 Å². The Kier molecular flexibility index (Phi) is 7.02. The summed E-state index contributed by atoms with van der Waals surface area (Å²) in [4.78, 5) is 10.3. The van der Waals surface area contributed by atoms with Crippen molar-refractivity contribution < 1.29 is 24.1 Å². The van der Waals surface area contributed by atoms with E-state index in [2.05, 4.69) is 34.4 Å². The van der Waals surface area contributed by atoms with Crippen molar-refractivity contribution in [2.24, 2.45) is 0 Å². The van der Waals surface area contributed by atoms with Crippen LogP contribution in [-0.4, -0.2) is 11.1 Å². The Hall–Kier alpha value is 0.209. The molecule has 0 fully saturated rings. The summed E-state index contributed by atoms with van der Waals surface area (Å²) < 4.78 is 0. The van der Waals surface area contributed by atoms with Crippen molar-refractivity contribution in [3.8, 4) is 0 Å². The molecule has 0 aromatic heterocycles. The average Bonchev–Trinajstić information content (AvgIpc) is 2.10. The summed E-state index contributed by atoms with van der Waals surface area (Å²) in [5, 5.41) is 8.44. The number of rotatable bonds is 1. The molecule has 1 aliphatic rings. The van der Waals surface area contributed by atoms with E-state index in [1.54, 1.807) is 0 Å². The Bertz CT molecular complexity index is 157. The molecule has 0 amide bonds. The monoisotopic (exact) mass is 267 g/mol. The zero-order chi connectivity index (χ0) is 8.69. The van der Waals surface area contributed by atoms with Crippen molar-refractivity contribution in [3.63, 3.8) is 0 Å². The van der Waals surface area contributed by atoms with Crippen LogP contribution in [0.1, 0.15) is 25.7 Å². The summed E-state index contributed by atoms with van der Waals surface area (Å²) in [6.07, 6.45) is 6.46. The zero-order valence-electron chi connectivity index (χ0n) is 5.86. The fourth-order valence-corrected chi connectivity index (χ4v) is 0.937. The Balaban J connectivity index is 0.000000461. The zero-order valence-corrected chi connectivity index (χ0v) is 8.39. The molecule has 0 spiro atoms. The second-order valence-electron chi connectivity index (χ2n) is 2.17. The number of hydrogen-bond donors (Lipinski definition) is 1. The van der Waals surface area contributed by atoms with Crippen LogP contribution in [0.5, 0.6) is 0 Å². The number of carboxylic acid groups (broad SMARTS) is 1. The van der Waals surface area contributed by atoms with Crippen LogP contribution < -0.4 is 0 Å². The van der Waals surface area contributed by atoms with Gasteiger partial charge in [0.05, 0.1) is 0 Å². The van der Waals surface area contributed by atoms with Gasteiger partial charge in [-0.1, -0.05) is 19.3 Å². The minimum absolute atomic E-state index is 0.473. The van der Waals surface area contributed by atoms with Gasteiger partial charge in [-0.2, -0.15) is 0 Å². The molecule has 11 heavy (non-hydrogen) atoms. The van der Waals surface area contributed by atoms with Gasteiger partial charge in [0.1, 0.15) is 0 Å². The fraction of sp³-hybridized carbons (Fsp3) is 0.571. The van der Waals surface area contributed by atoms with E-state index >= 15 is 0 Å². The molecule has 0 bridgehead atoms. The van der Waals surface area contributed by atoms with Gasteiger partial charge in [0.2, 0.25) is 0 Å². The summed E-state index contributed by atoms with van der Waals surface area (Å²) in [5.74, 6) is -0.797. The first-order chi connectivity index (χ1) is 5.30. The molecule has 0 unspecified atom stereocenters. The summed E-state index contributed by atoms with van der Waals surface area (Å²) in [7, 11) is 0. The van der Waals surface area contributed by atoms with Crippen molar-refractivity contribution in [2.75, 3.05) is 0 Å². The normalized spacial score (nSPS) is 16.1. The van der Waals surface area contributed by atoms with Gasteiger partial charge >= 0.3 is 28.3 Å². The third-order valence-electron chi connectivity index (χ3n) is 1.45. The molecule has 0 aromatic rings. The van der Waals surface area contributed by atoms with Gasteiger partial charge in [0.15, 0.2) is 5.97 Å². The quantitative estimate of drug-likeness (QED) is 0.585. The molecule has 4 heteroatoms. The third-order valence-corrected chi connectivity index (χ3v) is 1.45. The van der Waals surface area contributed by atoms with Gasteiger partial charge in [-0.25, -0.2) is 0 Å². The van der Waals surface area contributed by atoms with E-state index in [9.17, 15) is 4.79 Å². The SMILES string of the molecule is O=C(O)C1=[C-]CCCC1.[Cu+][Br]. The molecule has 0 heterocycles. The van der Waals surface area contributed by atoms with E-state index in [1.807, 2.05) is 0 Å². The fourth-order valence-electron chi connectivity index (χ4n) is 0.937. The summed E-state index contributed by atoms with van der Waals surface area (Å²) in [5.41, 5.74) is 0.473. The Morgan fingerprint density at radius 1 is 1.55 bits per heavy atom. The first kappa shape index (κ1) is 11.2. The number of aliphatic carboxylic acids is 1. The van der Waals surface area contributed by atoms with Crippen LogP contribution in [-0.2, 0) is 19.0 Å². The molecule has 0 aromatic carbocycles. The predicted molar refractivity (Wildman–Crippen MR) is 41.8 cm³/mol. The second-order valence-corrected chi connectivity index (χ2v) is 2.17. The molecule has 0 saturated heterocycles. The average molecular weight is 269 g/mol. The molecular weight excluding hydrogens is 260 g/mol. The molecule has 1 rings (SSSR count). The Morgan fingerprint density at radius 3 is 2.45 bits per heavy atom. The number of allylic oxidation sites excluding steroid dienone is 1. The maximum atomic E-state index is 10.3. The molecule has 67 valence electrons. The van der Waals surface area contributed by atoms with Crippen molar-refractivity contribution in [1.29, 1.82) is 0 Å². The van der Waals surface area contributed by atoms with Crippen LogP contribution in [0.2, 0.25) is 0 Å². The molecule has 0 saturated carbocycles. The van der Waals surface area contributed by atoms with Gasteiger partial charge < -0.3 is 9.90 Å². The molecule has 0 aliphatic heterocycles. The van der Waals surface area contributed by atoms with Crippen molar-refractivity contribution in [2.45, 2.75) is 25.7 Å². The van der Waals surface area contributed by atoms with E-state index in [-0.39, 0.29) is 0 Å². The molecule has 0 radical (unpaired) electrons. The van der Waals surface area contributed by atoms with E-state index in [0.29, 0.717) is 12.0 Å². The van der Waals surface area contributed by atoms with Crippen molar-refractivity contribution in [3.05, 3.63) is 11.6 Å². The van der Waals surface area contributed by atoms with Gasteiger partial charge in [0, 0.05) is 0 Å². The van der Waals surface area contributed by atoms with Gasteiger partial charge in [-0.15, -0.1) is 12.0 Å². The summed E-state index contributed by atoms with van der Waals surface area (Å²) in [6, 6.07) is 0. The topological polar surface area (TPSA) is 37.3 Å². The van der Waals surface area contributed by atoms with Gasteiger partial charge in [0.25, 0.3) is 0 Å². The number of carboxylic acids is 1. The second kappa shape index (κ2) is 6.89. The molecule has 2 nitrogen and oxygen atoms in total. The first-order valence-electron chi connectivity index (χ1n) is 3.25. The first-order valence-corrected chi connectivity index (χ1v) is 5.58. The molecular formula is C7H9BrCuO2. The number of carbonyl (C=O) groups is 1. The summed E-state index contributed by atoms with van der Waals surface area (Å²) >= 11 is 6.50. The predicted octanol–water partition coefficient (Wildman–Crippen LogP) is 2.22. The Morgan fingerprint density at radius 2 is 2.18 bits per heavy atom. The van der Waals surface area contributed by atoms with Crippen LogP contribution in [0.3, 0.4) is 0 Å². The van der Waals surface area contributed by atoms with Crippen LogP contribution in [0.15, 0.2) is 5.57 Å². The van der Waals surface area contributed by atoms with E-state index < -0.39 is 5.97 Å². The van der Waals surface area contributed by atoms with E-state index in [0.717, 1.165) is 19.3 Å². The van der Waals surface area contributed by atoms with Crippen LogP contribution in [0.4, 0.5) is 0 Å². The minimum atomic E-state index is -0.797. The Labute approximate surface area is 81.6 Å². The van der Waals surface area contributed by atoms with Crippen molar-refractivity contribution in [1.82, 2.24) is 0 Å². The standard InChI is InChI=1S/C7H9O2.BrH.Cu/c8-7(9)6-4-2-1-3-5-6;;/h1-4H2,(H,8,9);1H;/q-1;;+2/p-1. The van der Waals surface area contributed by atoms with Crippen LogP contribution in [0.25, 0.3) is 0 Å². The summed E-state index contributed by atoms with van der Waals surface area (Å²) in [6.45, 7) is 0. The molecule has 1 N–H and O–H groups in total. The number of halogens is 1.